The first-order valence-electron chi connectivity index (χ1n) is 11.7. The van der Waals surface area contributed by atoms with Crippen LogP contribution in [0.1, 0.15) is 5.56 Å². The maximum Gasteiger partial charge on any atom is 0.240 e. The number of methoxy groups -OCH3 is 1. The van der Waals surface area contributed by atoms with Crippen molar-refractivity contribution in [3.8, 4) is 5.75 Å². The molecule has 2 aromatic carbocycles. The molecule has 0 spiro atoms. The van der Waals surface area contributed by atoms with E-state index in [0.29, 0.717) is 28.5 Å². The summed E-state index contributed by atoms with van der Waals surface area (Å²) in [5.74, 6) is 6.03. The molecule has 1 heterocycles. The minimum atomic E-state index is -1.07. The summed E-state index contributed by atoms with van der Waals surface area (Å²) in [6.07, 6.45) is 3.56. The van der Waals surface area contributed by atoms with E-state index in [1.807, 2.05) is 25.2 Å². The van der Waals surface area contributed by atoms with Gasteiger partial charge in [-0.2, -0.15) is 5.10 Å². The number of amidine groups is 1. The number of aryl methyl sites for hydroxylation is 1. The molecule has 0 aliphatic carbocycles. The van der Waals surface area contributed by atoms with Gasteiger partial charge in [-0.1, -0.05) is 12.6 Å². The van der Waals surface area contributed by atoms with Crippen molar-refractivity contribution < 1.29 is 14.6 Å². The number of rotatable bonds is 11. The summed E-state index contributed by atoms with van der Waals surface area (Å²) in [5, 5.41) is 29.9. The third-order valence-corrected chi connectivity index (χ3v) is 5.80. The number of amides is 1. The third-order valence-electron chi connectivity index (χ3n) is 5.80. The Labute approximate surface area is 221 Å². The summed E-state index contributed by atoms with van der Waals surface area (Å²) >= 11 is 0. The van der Waals surface area contributed by atoms with Gasteiger partial charge >= 0.3 is 0 Å². The molecule has 0 radical (unpaired) electrons. The minimum Gasteiger partial charge on any atom is -0.494 e. The van der Waals surface area contributed by atoms with Crippen LogP contribution in [0.3, 0.4) is 0 Å². The van der Waals surface area contributed by atoms with Crippen LogP contribution in [0.5, 0.6) is 5.75 Å². The first kappa shape index (κ1) is 28.2. The van der Waals surface area contributed by atoms with E-state index < -0.39 is 6.23 Å². The molecule has 1 aromatic heterocycles. The number of fused-ring (bicyclic) bond motifs is 1. The Morgan fingerprint density at radius 2 is 2.03 bits per heavy atom. The molecule has 0 saturated carbocycles. The number of benzene rings is 2. The number of hydrogen-bond acceptors (Lipinski definition) is 9. The molecule has 12 nitrogen and oxygen atoms in total. The summed E-state index contributed by atoms with van der Waals surface area (Å²) in [4.78, 5) is 16.0. The number of hydrogen-bond donors (Lipinski definition) is 6. The highest BCUT2D eigenvalue weighted by molar-refractivity contribution is 6.08. The maximum absolute atomic E-state index is 12.7. The van der Waals surface area contributed by atoms with E-state index in [4.69, 9.17) is 16.0 Å². The molecular formula is C26H35N9O3. The molecule has 0 saturated heterocycles. The molecule has 1 atom stereocenters. The van der Waals surface area contributed by atoms with Gasteiger partial charge in [-0.15, -0.1) is 0 Å². The van der Waals surface area contributed by atoms with Crippen molar-refractivity contribution in [2.75, 3.05) is 50.3 Å². The van der Waals surface area contributed by atoms with E-state index in [1.165, 1.54) is 18.1 Å². The van der Waals surface area contributed by atoms with Gasteiger partial charge in [0.1, 0.15) is 17.8 Å². The number of aliphatic hydroxyl groups excluding tert-OH is 1. The third kappa shape index (κ3) is 6.48. The van der Waals surface area contributed by atoms with Crippen molar-refractivity contribution in [1.82, 2.24) is 20.1 Å². The van der Waals surface area contributed by atoms with Crippen LogP contribution in [0.25, 0.3) is 16.6 Å². The van der Waals surface area contributed by atoms with Crippen LogP contribution >= 0.6 is 0 Å². The largest absolute Gasteiger partial charge is 0.494 e. The Bertz CT molecular complexity index is 1360. The van der Waals surface area contributed by atoms with Crippen molar-refractivity contribution in [3.05, 3.63) is 60.8 Å². The molecule has 1 unspecified atom stereocenters. The second-order valence-corrected chi connectivity index (χ2v) is 8.87. The molecular weight excluding hydrogens is 486 g/mol. The number of nitrogens with zero attached hydrogens (tertiary/aromatic N) is 4. The number of aliphatic hydroxyl groups is 1. The fourth-order valence-corrected chi connectivity index (χ4v) is 3.82. The minimum absolute atomic E-state index is 0.0162. The Kier molecular flexibility index (Phi) is 9.07. The van der Waals surface area contributed by atoms with E-state index in [2.05, 4.69) is 27.7 Å². The zero-order valence-electron chi connectivity index (χ0n) is 22.2. The van der Waals surface area contributed by atoms with Crippen molar-refractivity contribution >= 4 is 45.4 Å². The molecule has 3 rings (SSSR count). The highest BCUT2D eigenvalue weighted by Gasteiger charge is 2.20. The van der Waals surface area contributed by atoms with Crippen LogP contribution in [0.4, 0.5) is 17.1 Å². The lowest BCUT2D eigenvalue weighted by Gasteiger charge is -2.25. The van der Waals surface area contributed by atoms with Gasteiger partial charge in [0.25, 0.3) is 0 Å². The second-order valence-electron chi connectivity index (χ2n) is 8.87. The average Bonchev–Trinajstić information content (AvgIpc) is 3.26. The topological polar surface area (TPSA) is 157 Å². The van der Waals surface area contributed by atoms with Crippen molar-refractivity contribution in [2.24, 2.45) is 12.9 Å². The Morgan fingerprint density at radius 1 is 1.29 bits per heavy atom. The lowest BCUT2D eigenvalue weighted by Crippen LogP contribution is -2.35. The Hall–Kier alpha value is -4.39. The molecule has 3 aromatic rings. The first-order chi connectivity index (χ1) is 18.1. The van der Waals surface area contributed by atoms with E-state index in [0.717, 1.165) is 16.5 Å². The molecule has 0 bridgehead atoms. The standard InChI is InChI=1S/C26H35N9O3/c1-7-25(36)31-19-11-20(23(38-6)13-22(19)34(4)26(37)15-33(2)3)30-24(27)12-18(32-28)16-8-9-21-17(10-16)14-29-35(21)5/h7-14,25,31-32,36H,1,15,28H2,2-6H3,(H2,27,30)/b18-12-. The highest BCUT2D eigenvalue weighted by Crippen LogP contribution is 2.37. The normalized spacial score (nSPS) is 12.3. The van der Waals surface area contributed by atoms with Gasteiger partial charge in [-0.25, -0.2) is 0 Å². The highest BCUT2D eigenvalue weighted by atomic mass is 16.5. The molecule has 202 valence electrons. The number of hydrazine groups is 1. The molecule has 0 aliphatic heterocycles. The fraction of sp³-hybridized carbons (Fsp3) is 0.269. The molecule has 7 N–H and O–H groups in total. The van der Waals surface area contributed by atoms with Crippen LogP contribution in [0, 0.1) is 5.41 Å². The number of nitrogens with one attached hydrogen (secondary N) is 4. The number of likely N-dealkylation sites (N-methyl/N-ethyl adjacent to an activating group) is 2. The Morgan fingerprint density at radius 3 is 2.66 bits per heavy atom. The lowest BCUT2D eigenvalue weighted by atomic mass is 10.1. The number of carbonyl (C=O) groups is 1. The molecule has 0 aliphatic rings. The molecule has 38 heavy (non-hydrogen) atoms. The number of ether oxygens (including phenoxy) is 1. The van der Waals surface area contributed by atoms with Crippen LogP contribution in [-0.2, 0) is 11.8 Å². The predicted octanol–water partition coefficient (Wildman–Crippen LogP) is 1.92. The van der Waals surface area contributed by atoms with Crippen LogP contribution < -0.4 is 31.5 Å². The maximum atomic E-state index is 12.7. The molecule has 12 heteroatoms. The fourth-order valence-electron chi connectivity index (χ4n) is 3.82. The second kappa shape index (κ2) is 12.2. The summed E-state index contributed by atoms with van der Waals surface area (Å²) in [5.41, 5.74) is 6.26. The van der Waals surface area contributed by atoms with Gasteiger partial charge in [0.05, 0.1) is 48.1 Å². The van der Waals surface area contributed by atoms with Crippen molar-refractivity contribution in [3.63, 3.8) is 0 Å². The summed E-state index contributed by atoms with van der Waals surface area (Å²) in [7, 11) is 8.61. The number of nitrogens with two attached hydrogens (primary N) is 1. The van der Waals surface area contributed by atoms with Crippen LogP contribution in [-0.4, -0.2) is 72.6 Å². The number of anilines is 3. The quantitative estimate of drug-likeness (QED) is 0.0554. The monoisotopic (exact) mass is 521 g/mol. The molecule has 1 amide bonds. The smallest absolute Gasteiger partial charge is 0.240 e. The van der Waals surface area contributed by atoms with Crippen LogP contribution in [0.15, 0.2) is 55.3 Å². The summed E-state index contributed by atoms with van der Waals surface area (Å²) < 4.78 is 7.34. The lowest BCUT2D eigenvalue weighted by molar-refractivity contribution is -0.118. The average molecular weight is 522 g/mol. The van der Waals surface area contributed by atoms with Gasteiger partial charge in [0, 0.05) is 31.6 Å². The molecule has 0 fully saturated rings. The van der Waals surface area contributed by atoms with Crippen LogP contribution in [0.2, 0.25) is 0 Å². The summed E-state index contributed by atoms with van der Waals surface area (Å²) in [6.45, 7) is 3.79. The van der Waals surface area contributed by atoms with Gasteiger partial charge in [0.2, 0.25) is 5.91 Å². The van der Waals surface area contributed by atoms with Gasteiger partial charge < -0.3 is 35.7 Å². The van der Waals surface area contributed by atoms with E-state index in [1.54, 1.807) is 55.1 Å². The SMILES string of the molecule is C=CC(O)Nc1cc(NC(=N)/C=C(\NN)c2ccc3c(cnn3C)c2)c(OC)cc1N(C)C(=O)CN(C)C. The number of carbonyl (C=O) groups excluding carboxylic acids is 1. The van der Waals surface area contributed by atoms with Gasteiger partial charge in [0.15, 0.2) is 0 Å². The van der Waals surface area contributed by atoms with E-state index in [-0.39, 0.29) is 18.3 Å². The predicted molar refractivity (Wildman–Crippen MR) is 152 cm³/mol. The number of aromatic nitrogens is 2. The van der Waals surface area contributed by atoms with Gasteiger partial charge in [-0.3, -0.25) is 20.7 Å². The summed E-state index contributed by atoms with van der Waals surface area (Å²) in [6, 6.07) is 9.05. The van der Waals surface area contributed by atoms with Crippen molar-refractivity contribution in [1.29, 1.82) is 5.41 Å². The zero-order valence-corrected chi connectivity index (χ0v) is 22.2. The van der Waals surface area contributed by atoms with Crippen molar-refractivity contribution in [2.45, 2.75) is 6.23 Å². The van der Waals surface area contributed by atoms with Gasteiger partial charge in [-0.05, 0) is 43.9 Å². The Balaban J connectivity index is 1.95. The van der Waals surface area contributed by atoms with E-state index >= 15 is 0 Å². The van der Waals surface area contributed by atoms with E-state index in [9.17, 15) is 9.90 Å². The first-order valence-corrected chi connectivity index (χ1v) is 11.7. The zero-order chi connectivity index (χ0) is 28.0.